The van der Waals surface area contributed by atoms with Gasteiger partial charge in [-0.1, -0.05) is 57.9 Å². The van der Waals surface area contributed by atoms with Crippen LogP contribution >= 0.6 is 27.5 Å². The summed E-state index contributed by atoms with van der Waals surface area (Å²) in [5.74, 6) is 0.557. The third-order valence-corrected chi connectivity index (χ3v) is 5.31. The van der Waals surface area contributed by atoms with Gasteiger partial charge in [0.25, 0.3) is 5.91 Å². The number of nitrogens with one attached hydrogen (secondary N) is 1. The van der Waals surface area contributed by atoms with E-state index in [9.17, 15) is 10.1 Å². The molecule has 0 saturated carbocycles. The number of carbonyl (C=O) groups is 1. The quantitative estimate of drug-likeness (QED) is 0.272. The van der Waals surface area contributed by atoms with Crippen molar-refractivity contribution in [1.82, 2.24) is 0 Å². The van der Waals surface area contributed by atoms with Crippen LogP contribution in [0.3, 0.4) is 0 Å². The molecule has 5 nitrogen and oxygen atoms in total. The van der Waals surface area contributed by atoms with Gasteiger partial charge in [0.1, 0.15) is 18.2 Å². The van der Waals surface area contributed by atoms with Crippen molar-refractivity contribution >= 4 is 45.2 Å². The normalized spacial score (nSPS) is 10.9. The van der Waals surface area contributed by atoms with Crippen LogP contribution in [0.1, 0.15) is 18.1 Å². The van der Waals surface area contributed by atoms with E-state index in [1.54, 1.807) is 48.5 Å². The standard InChI is InChI=1S/C25H20BrClN2O3/c1-2-31-23-13-18(12-19(15-28)25(30)29-21-6-4-3-5-7-21)22(26)14-24(23)32-16-17-8-10-20(27)11-9-17/h3-14H,2,16H2,1H3,(H,29,30)/b19-12+. The van der Waals surface area contributed by atoms with Gasteiger partial charge in [0, 0.05) is 15.2 Å². The topological polar surface area (TPSA) is 71.3 Å². The molecular formula is C25H20BrClN2O3. The molecule has 1 N–H and O–H groups in total. The van der Waals surface area contributed by atoms with E-state index in [2.05, 4.69) is 21.2 Å². The molecule has 0 saturated heterocycles. The van der Waals surface area contributed by atoms with Crippen LogP contribution in [0.25, 0.3) is 6.08 Å². The van der Waals surface area contributed by atoms with Gasteiger partial charge < -0.3 is 14.8 Å². The van der Waals surface area contributed by atoms with Gasteiger partial charge >= 0.3 is 0 Å². The third-order valence-electron chi connectivity index (χ3n) is 4.37. The molecule has 0 aromatic heterocycles. The maximum Gasteiger partial charge on any atom is 0.266 e. The van der Waals surface area contributed by atoms with E-state index >= 15 is 0 Å². The molecule has 162 valence electrons. The fourth-order valence-corrected chi connectivity index (χ4v) is 3.37. The maximum absolute atomic E-state index is 12.5. The summed E-state index contributed by atoms with van der Waals surface area (Å²) in [6, 6.07) is 21.8. The first-order chi connectivity index (χ1) is 15.5. The Morgan fingerprint density at radius 1 is 1.09 bits per heavy atom. The third kappa shape index (κ3) is 6.36. The molecule has 0 atom stereocenters. The zero-order valence-electron chi connectivity index (χ0n) is 17.3. The first kappa shape index (κ1) is 23.4. The minimum absolute atomic E-state index is 0.0353. The van der Waals surface area contributed by atoms with Gasteiger partial charge in [-0.05, 0) is 60.5 Å². The van der Waals surface area contributed by atoms with E-state index in [0.717, 1.165) is 5.56 Å². The zero-order valence-corrected chi connectivity index (χ0v) is 19.6. The monoisotopic (exact) mass is 510 g/mol. The fraction of sp³-hybridized carbons (Fsp3) is 0.120. The van der Waals surface area contributed by atoms with Gasteiger partial charge in [0.2, 0.25) is 0 Å². The zero-order chi connectivity index (χ0) is 22.9. The Kier molecular flexibility index (Phi) is 8.32. The number of ether oxygens (including phenoxy) is 2. The summed E-state index contributed by atoms with van der Waals surface area (Å²) >= 11 is 9.43. The molecule has 3 aromatic rings. The van der Waals surface area contributed by atoms with Crippen LogP contribution < -0.4 is 14.8 Å². The number of anilines is 1. The number of amides is 1. The highest BCUT2D eigenvalue weighted by molar-refractivity contribution is 9.10. The lowest BCUT2D eigenvalue weighted by Gasteiger charge is -2.14. The van der Waals surface area contributed by atoms with Gasteiger partial charge in [-0.25, -0.2) is 0 Å². The summed E-state index contributed by atoms with van der Waals surface area (Å²) in [6.45, 7) is 2.64. The summed E-state index contributed by atoms with van der Waals surface area (Å²) in [4.78, 5) is 12.5. The van der Waals surface area contributed by atoms with Crippen LogP contribution in [0.15, 0.2) is 76.8 Å². The summed E-state index contributed by atoms with van der Waals surface area (Å²) < 4.78 is 12.3. The lowest BCUT2D eigenvalue weighted by Crippen LogP contribution is -2.13. The van der Waals surface area contributed by atoms with Crippen molar-refractivity contribution < 1.29 is 14.3 Å². The molecule has 0 radical (unpaired) electrons. The fourth-order valence-electron chi connectivity index (χ4n) is 2.81. The van der Waals surface area contributed by atoms with Gasteiger partial charge in [-0.2, -0.15) is 5.26 Å². The van der Waals surface area contributed by atoms with Gasteiger partial charge in [0.15, 0.2) is 11.5 Å². The van der Waals surface area contributed by atoms with Crippen LogP contribution in [0.2, 0.25) is 5.02 Å². The average Bonchev–Trinajstić information content (AvgIpc) is 2.80. The van der Waals surface area contributed by atoms with Crippen LogP contribution in [-0.4, -0.2) is 12.5 Å². The van der Waals surface area contributed by atoms with Crippen LogP contribution in [0.5, 0.6) is 11.5 Å². The molecule has 0 unspecified atom stereocenters. The number of hydrogen-bond acceptors (Lipinski definition) is 4. The predicted octanol–water partition coefficient (Wildman–Crippen LogP) is 6.63. The van der Waals surface area contributed by atoms with E-state index in [4.69, 9.17) is 21.1 Å². The second kappa shape index (κ2) is 11.4. The van der Waals surface area contributed by atoms with E-state index in [-0.39, 0.29) is 5.57 Å². The van der Waals surface area contributed by atoms with Crippen molar-refractivity contribution in [3.63, 3.8) is 0 Å². The number of nitrogens with zero attached hydrogens (tertiary/aromatic N) is 1. The SMILES string of the molecule is CCOc1cc(/C=C(\C#N)C(=O)Nc2ccccc2)c(Br)cc1OCc1ccc(Cl)cc1. The van der Waals surface area contributed by atoms with Crippen LogP contribution in [0.4, 0.5) is 5.69 Å². The molecule has 0 fully saturated rings. The highest BCUT2D eigenvalue weighted by Gasteiger charge is 2.14. The number of halogens is 2. The Bertz CT molecular complexity index is 1160. The summed E-state index contributed by atoms with van der Waals surface area (Å²) in [5.41, 5.74) is 2.15. The Hall–Kier alpha value is -3.27. The number of benzene rings is 3. The van der Waals surface area contributed by atoms with Crippen molar-refractivity contribution in [2.24, 2.45) is 0 Å². The van der Waals surface area contributed by atoms with Gasteiger partial charge in [0.05, 0.1) is 6.61 Å². The molecule has 1 amide bonds. The minimum atomic E-state index is -0.494. The van der Waals surface area contributed by atoms with Crippen LogP contribution in [-0.2, 0) is 11.4 Å². The number of carbonyl (C=O) groups excluding carboxylic acids is 1. The second-order valence-electron chi connectivity index (χ2n) is 6.66. The first-order valence-corrected chi connectivity index (χ1v) is 11.0. The molecule has 7 heteroatoms. The van der Waals surface area contributed by atoms with Crippen molar-refractivity contribution in [3.8, 4) is 17.6 Å². The number of nitriles is 1. The lowest BCUT2D eigenvalue weighted by atomic mass is 10.1. The number of para-hydroxylation sites is 1. The molecule has 0 heterocycles. The Balaban J connectivity index is 1.84. The van der Waals surface area contributed by atoms with Gasteiger partial charge in [-0.3, -0.25) is 4.79 Å². The Morgan fingerprint density at radius 3 is 2.44 bits per heavy atom. The molecule has 3 aromatic carbocycles. The molecule has 0 aliphatic heterocycles. The average molecular weight is 512 g/mol. The maximum atomic E-state index is 12.5. The van der Waals surface area contributed by atoms with Crippen molar-refractivity contribution in [3.05, 3.63) is 92.9 Å². The summed E-state index contributed by atoms with van der Waals surface area (Å²) in [6.07, 6.45) is 1.51. The smallest absolute Gasteiger partial charge is 0.266 e. The highest BCUT2D eigenvalue weighted by Crippen LogP contribution is 2.35. The van der Waals surface area contributed by atoms with E-state index < -0.39 is 5.91 Å². The Morgan fingerprint density at radius 2 is 1.78 bits per heavy atom. The molecule has 32 heavy (non-hydrogen) atoms. The number of rotatable bonds is 8. The van der Waals surface area contributed by atoms with E-state index in [0.29, 0.717) is 45.5 Å². The first-order valence-electron chi connectivity index (χ1n) is 9.82. The molecule has 0 spiro atoms. The van der Waals surface area contributed by atoms with E-state index in [1.165, 1.54) is 6.08 Å². The molecule has 0 aliphatic rings. The second-order valence-corrected chi connectivity index (χ2v) is 7.95. The molecule has 0 bridgehead atoms. The van der Waals surface area contributed by atoms with Gasteiger partial charge in [-0.15, -0.1) is 0 Å². The van der Waals surface area contributed by atoms with Crippen LogP contribution in [0, 0.1) is 11.3 Å². The van der Waals surface area contributed by atoms with Crippen molar-refractivity contribution in [2.75, 3.05) is 11.9 Å². The van der Waals surface area contributed by atoms with E-state index in [1.807, 2.05) is 31.2 Å². The largest absolute Gasteiger partial charge is 0.490 e. The molecule has 0 aliphatic carbocycles. The Labute approximate surface area is 200 Å². The minimum Gasteiger partial charge on any atom is -0.490 e. The highest BCUT2D eigenvalue weighted by atomic mass is 79.9. The molecular weight excluding hydrogens is 492 g/mol. The lowest BCUT2D eigenvalue weighted by molar-refractivity contribution is -0.112. The predicted molar refractivity (Wildman–Crippen MR) is 130 cm³/mol. The van der Waals surface area contributed by atoms with Crippen molar-refractivity contribution in [2.45, 2.75) is 13.5 Å². The molecule has 3 rings (SSSR count). The summed E-state index contributed by atoms with van der Waals surface area (Å²) in [5, 5.41) is 12.9. The number of hydrogen-bond donors (Lipinski definition) is 1. The van der Waals surface area contributed by atoms with Crippen molar-refractivity contribution in [1.29, 1.82) is 5.26 Å². The summed E-state index contributed by atoms with van der Waals surface area (Å²) in [7, 11) is 0.